The number of carbonyl (C=O) groups is 1. The summed E-state index contributed by atoms with van der Waals surface area (Å²) in [6, 6.07) is 8.89. The number of anilines is 1. The molecule has 0 atom stereocenters. The molecule has 0 heterocycles. The van der Waals surface area contributed by atoms with Crippen LogP contribution in [0.4, 0.5) is 23.2 Å². The molecule has 0 aliphatic carbocycles. The highest BCUT2D eigenvalue weighted by molar-refractivity contribution is 5.98. The van der Waals surface area contributed by atoms with Gasteiger partial charge in [0.15, 0.2) is 0 Å². The minimum Gasteiger partial charge on any atom is -0.326 e. The molecule has 2 aromatic rings. The van der Waals surface area contributed by atoms with E-state index in [1.165, 1.54) is 38.1 Å². The van der Waals surface area contributed by atoms with E-state index >= 15 is 0 Å². The van der Waals surface area contributed by atoms with Crippen LogP contribution >= 0.6 is 12.4 Å². The Hall–Kier alpha value is -2.12. The number of amides is 1. The molecule has 2 rings (SSSR count). The Kier molecular flexibility index (Phi) is 6.79. The van der Waals surface area contributed by atoms with Gasteiger partial charge < -0.3 is 11.1 Å². The summed E-state index contributed by atoms with van der Waals surface area (Å²) >= 11 is 0. The smallest absolute Gasteiger partial charge is 0.326 e. The number of carbonyl (C=O) groups excluding carboxylic acids is 1. The van der Waals surface area contributed by atoms with Gasteiger partial charge in [0, 0.05) is 17.8 Å². The second-order valence-corrected chi connectivity index (χ2v) is 6.18. The van der Waals surface area contributed by atoms with Crippen LogP contribution in [-0.4, -0.2) is 5.91 Å². The molecule has 3 N–H and O–H groups in total. The van der Waals surface area contributed by atoms with Gasteiger partial charge >= 0.3 is 6.18 Å². The van der Waals surface area contributed by atoms with E-state index in [0.717, 1.165) is 12.1 Å². The Morgan fingerprint density at radius 3 is 2.27 bits per heavy atom. The minimum absolute atomic E-state index is 0. The van der Waals surface area contributed by atoms with Gasteiger partial charge in [0.2, 0.25) is 5.91 Å². The SMILES string of the molecule is CC(C)(C(=O)Nc1cc(CN)cc(C(F)(F)F)c1)c1ccccc1F.Cl. The van der Waals surface area contributed by atoms with Crippen molar-refractivity contribution in [1.82, 2.24) is 0 Å². The van der Waals surface area contributed by atoms with Crippen LogP contribution in [0.3, 0.4) is 0 Å². The highest BCUT2D eigenvalue weighted by Crippen LogP contribution is 2.33. The van der Waals surface area contributed by atoms with E-state index in [9.17, 15) is 22.4 Å². The predicted molar refractivity (Wildman–Crippen MR) is 94.6 cm³/mol. The molecule has 0 aliphatic rings. The maximum Gasteiger partial charge on any atom is 0.416 e. The second kappa shape index (κ2) is 8.05. The first kappa shape index (κ1) is 21.9. The number of nitrogens with two attached hydrogens (primary N) is 1. The maximum atomic E-state index is 14.0. The third kappa shape index (κ3) is 4.74. The van der Waals surface area contributed by atoms with Crippen molar-refractivity contribution in [3.63, 3.8) is 0 Å². The van der Waals surface area contributed by atoms with Gasteiger partial charge in [-0.25, -0.2) is 4.39 Å². The Bertz CT molecular complexity index is 791. The van der Waals surface area contributed by atoms with Crippen molar-refractivity contribution in [2.75, 3.05) is 5.32 Å². The zero-order valence-electron chi connectivity index (χ0n) is 14.2. The van der Waals surface area contributed by atoms with Gasteiger partial charge in [-0.2, -0.15) is 13.2 Å². The first-order chi connectivity index (χ1) is 11.6. The lowest BCUT2D eigenvalue weighted by molar-refractivity contribution is -0.137. The molecule has 0 aliphatic heterocycles. The van der Waals surface area contributed by atoms with E-state index in [-0.39, 0.29) is 35.8 Å². The van der Waals surface area contributed by atoms with E-state index in [4.69, 9.17) is 5.73 Å². The number of rotatable bonds is 4. The first-order valence-corrected chi connectivity index (χ1v) is 7.53. The van der Waals surface area contributed by atoms with Crippen molar-refractivity contribution in [2.24, 2.45) is 5.73 Å². The van der Waals surface area contributed by atoms with Gasteiger partial charge in [-0.15, -0.1) is 12.4 Å². The summed E-state index contributed by atoms with van der Waals surface area (Å²) in [5.74, 6) is -1.19. The molecule has 26 heavy (non-hydrogen) atoms. The number of benzene rings is 2. The number of hydrogen-bond acceptors (Lipinski definition) is 2. The predicted octanol–water partition coefficient (Wildman–Crippen LogP) is 4.64. The summed E-state index contributed by atoms with van der Waals surface area (Å²) in [5, 5.41) is 2.43. The van der Waals surface area contributed by atoms with E-state index < -0.39 is 28.9 Å². The molecule has 142 valence electrons. The number of hydrogen-bond donors (Lipinski definition) is 2. The lowest BCUT2D eigenvalue weighted by Crippen LogP contribution is -2.35. The van der Waals surface area contributed by atoms with E-state index in [2.05, 4.69) is 5.32 Å². The Labute approximate surface area is 155 Å². The number of nitrogens with one attached hydrogen (secondary N) is 1. The van der Waals surface area contributed by atoms with Crippen molar-refractivity contribution in [3.8, 4) is 0 Å². The van der Waals surface area contributed by atoms with Crippen molar-refractivity contribution in [1.29, 1.82) is 0 Å². The molecule has 2 aromatic carbocycles. The lowest BCUT2D eigenvalue weighted by Gasteiger charge is -2.25. The van der Waals surface area contributed by atoms with Crippen molar-refractivity contribution in [2.45, 2.75) is 32.0 Å². The standard InChI is InChI=1S/C18H18F4N2O.ClH/c1-17(2,14-5-3-4-6-15(14)19)16(25)24-13-8-11(10-23)7-12(9-13)18(20,21)22;/h3-9H,10,23H2,1-2H3,(H,24,25);1H. The van der Waals surface area contributed by atoms with E-state index in [1.54, 1.807) is 6.07 Å². The van der Waals surface area contributed by atoms with Crippen LogP contribution < -0.4 is 11.1 Å². The molecule has 0 spiro atoms. The van der Waals surface area contributed by atoms with Crippen LogP contribution in [0.2, 0.25) is 0 Å². The van der Waals surface area contributed by atoms with Crippen LogP contribution in [0, 0.1) is 5.82 Å². The normalized spacial score (nSPS) is 11.7. The molecule has 0 radical (unpaired) electrons. The van der Waals surface area contributed by atoms with Crippen molar-refractivity contribution in [3.05, 3.63) is 65.0 Å². The fourth-order valence-corrected chi connectivity index (χ4v) is 2.42. The summed E-state index contributed by atoms with van der Waals surface area (Å²) in [7, 11) is 0. The maximum absolute atomic E-state index is 14.0. The van der Waals surface area contributed by atoms with Crippen LogP contribution in [-0.2, 0) is 22.9 Å². The fraction of sp³-hybridized carbons (Fsp3) is 0.278. The molecular weight excluding hydrogens is 372 g/mol. The zero-order valence-corrected chi connectivity index (χ0v) is 15.0. The van der Waals surface area contributed by atoms with Crippen LogP contribution in [0.5, 0.6) is 0 Å². The highest BCUT2D eigenvalue weighted by atomic mass is 35.5. The largest absolute Gasteiger partial charge is 0.416 e. The Balaban J connectivity index is 0.00000338. The van der Waals surface area contributed by atoms with Crippen LogP contribution in [0.25, 0.3) is 0 Å². The van der Waals surface area contributed by atoms with Crippen molar-refractivity contribution >= 4 is 24.0 Å². The average Bonchev–Trinajstić information content (AvgIpc) is 2.53. The van der Waals surface area contributed by atoms with Gasteiger partial charge in [-0.1, -0.05) is 18.2 Å². The minimum atomic E-state index is -4.56. The number of alkyl halides is 3. The molecule has 0 saturated heterocycles. The molecule has 0 saturated carbocycles. The summed E-state index contributed by atoms with van der Waals surface area (Å²) in [4.78, 5) is 12.6. The van der Waals surface area contributed by atoms with E-state index in [1.807, 2.05) is 0 Å². The molecular formula is C18H19ClF4N2O. The van der Waals surface area contributed by atoms with Gasteiger partial charge in [-0.3, -0.25) is 4.79 Å². The average molecular weight is 391 g/mol. The lowest BCUT2D eigenvalue weighted by atomic mass is 9.83. The first-order valence-electron chi connectivity index (χ1n) is 7.53. The molecule has 0 fully saturated rings. The second-order valence-electron chi connectivity index (χ2n) is 6.18. The van der Waals surface area contributed by atoms with Gasteiger partial charge in [0.25, 0.3) is 0 Å². The molecule has 1 amide bonds. The van der Waals surface area contributed by atoms with E-state index in [0.29, 0.717) is 0 Å². The van der Waals surface area contributed by atoms with Crippen molar-refractivity contribution < 1.29 is 22.4 Å². The fourth-order valence-electron chi connectivity index (χ4n) is 2.42. The molecule has 0 bridgehead atoms. The molecule has 0 unspecified atom stereocenters. The monoisotopic (exact) mass is 390 g/mol. The van der Waals surface area contributed by atoms with Gasteiger partial charge in [0.05, 0.1) is 11.0 Å². The molecule has 8 heteroatoms. The quantitative estimate of drug-likeness (QED) is 0.747. The summed E-state index contributed by atoms with van der Waals surface area (Å²) in [5.41, 5.74) is 3.59. The summed E-state index contributed by atoms with van der Waals surface area (Å²) in [6.07, 6.45) is -4.56. The van der Waals surface area contributed by atoms with Gasteiger partial charge in [-0.05, 0) is 43.7 Å². The third-order valence-electron chi connectivity index (χ3n) is 3.93. The summed E-state index contributed by atoms with van der Waals surface area (Å²) < 4.78 is 52.9. The highest BCUT2D eigenvalue weighted by Gasteiger charge is 2.34. The van der Waals surface area contributed by atoms with Gasteiger partial charge in [0.1, 0.15) is 5.82 Å². The molecule has 3 nitrogen and oxygen atoms in total. The van der Waals surface area contributed by atoms with Crippen LogP contribution in [0.15, 0.2) is 42.5 Å². The van der Waals surface area contributed by atoms with Crippen LogP contribution in [0.1, 0.15) is 30.5 Å². The molecule has 0 aromatic heterocycles. The Morgan fingerprint density at radius 1 is 1.12 bits per heavy atom. The Morgan fingerprint density at radius 2 is 1.73 bits per heavy atom. The topological polar surface area (TPSA) is 55.1 Å². The third-order valence-corrected chi connectivity index (χ3v) is 3.93. The summed E-state index contributed by atoms with van der Waals surface area (Å²) in [6.45, 7) is 2.89. The zero-order chi connectivity index (χ0) is 18.8. The number of halogens is 5.